The van der Waals surface area contributed by atoms with E-state index in [2.05, 4.69) is 56.8 Å². The molecule has 0 bridgehead atoms. The Labute approximate surface area is 194 Å². The van der Waals surface area contributed by atoms with Crippen LogP contribution in [0.25, 0.3) is 0 Å². The van der Waals surface area contributed by atoms with Crippen molar-refractivity contribution in [3.8, 4) is 0 Å². The summed E-state index contributed by atoms with van der Waals surface area (Å²) in [7, 11) is 2.19. The van der Waals surface area contributed by atoms with Crippen LogP contribution in [0.2, 0.25) is 5.02 Å². The molecule has 0 spiro atoms. The highest BCUT2D eigenvalue weighted by Crippen LogP contribution is 2.35. The standard InChI is InChI=1S/C20H29ClN6O.HI/c1-4-22-20(24-13-18-25-14(2)28-26-18)23-12-16-8-6-10-27(3)19(16)15-7-5-9-17(21)11-15;/h5,7,9,11,16,19H,4,6,8,10,12-13H2,1-3H3,(H2,22,23,24);1H. The fourth-order valence-electron chi connectivity index (χ4n) is 3.82. The van der Waals surface area contributed by atoms with Crippen LogP contribution in [0.15, 0.2) is 33.8 Å². The molecule has 0 aliphatic carbocycles. The molecule has 1 aliphatic rings. The average Bonchev–Trinajstić information content (AvgIpc) is 3.09. The third kappa shape index (κ3) is 6.82. The van der Waals surface area contributed by atoms with Gasteiger partial charge in [-0.2, -0.15) is 4.98 Å². The lowest BCUT2D eigenvalue weighted by molar-refractivity contribution is 0.122. The van der Waals surface area contributed by atoms with Crippen molar-refractivity contribution in [1.29, 1.82) is 0 Å². The Bertz CT molecular complexity index is 799. The van der Waals surface area contributed by atoms with Gasteiger partial charge in [0.25, 0.3) is 0 Å². The number of hydrogen-bond donors (Lipinski definition) is 2. The highest BCUT2D eigenvalue weighted by molar-refractivity contribution is 14.0. The third-order valence-corrected chi connectivity index (χ3v) is 5.26. The van der Waals surface area contributed by atoms with Gasteiger partial charge in [0, 0.05) is 31.1 Å². The first-order valence-electron chi connectivity index (χ1n) is 9.84. The fourth-order valence-corrected chi connectivity index (χ4v) is 4.01. The van der Waals surface area contributed by atoms with Gasteiger partial charge in [-0.05, 0) is 57.0 Å². The summed E-state index contributed by atoms with van der Waals surface area (Å²) in [6.07, 6.45) is 2.35. The van der Waals surface area contributed by atoms with Gasteiger partial charge in [0.05, 0.1) is 0 Å². The summed E-state index contributed by atoms with van der Waals surface area (Å²) in [5.74, 6) is 2.37. The maximum atomic E-state index is 6.25. The molecule has 7 nitrogen and oxygen atoms in total. The lowest BCUT2D eigenvalue weighted by Crippen LogP contribution is -2.45. The molecule has 9 heteroatoms. The van der Waals surface area contributed by atoms with Crippen LogP contribution in [-0.4, -0.2) is 47.7 Å². The molecule has 2 atom stereocenters. The highest BCUT2D eigenvalue weighted by atomic mass is 127. The van der Waals surface area contributed by atoms with Gasteiger partial charge in [0.1, 0.15) is 6.54 Å². The number of nitrogens with one attached hydrogen (secondary N) is 2. The van der Waals surface area contributed by atoms with Crippen molar-refractivity contribution < 1.29 is 4.52 Å². The van der Waals surface area contributed by atoms with Gasteiger partial charge < -0.3 is 15.2 Å². The molecule has 2 unspecified atom stereocenters. The number of aliphatic imine (C=N–C) groups is 1. The van der Waals surface area contributed by atoms with Crippen LogP contribution >= 0.6 is 35.6 Å². The minimum atomic E-state index is 0. The number of likely N-dealkylation sites (tertiary alicyclic amines) is 1. The molecule has 3 rings (SSSR count). The fraction of sp³-hybridized carbons (Fsp3) is 0.550. The zero-order valence-corrected chi connectivity index (χ0v) is 20.3. The van der Waals surface area contributed by atoms with Crippen molar-refractivity contribution in [2.24, 2.45) is 10.9 Å². The Kier molecular flexibility index (Phi) is 9.64. The average molecular weight is 533 g/mol. The van der Waals surface area contributed by atoms with Crippen molar-refractivity contribution in [3.63, 3.8) is 0 Å². The summed E-state index contributed by atoms with van der Waals surface area (Å²) in [4.78, 5) is 11.2. The number of hydrogen-bond acceptors (Lipinski definition) is 5. The summed E-state index contributed by atoms with van der Waals surface area (Å²) >= 11 is 6.25. The summed E-state index contributed by atoms with van der Waals surface area (Å²) in [5.41, 5.74) is 1.27. The van der Waals surface area contributed by atoms with Crippen LogP contribution in [0.5, 0.6) is 0 Å². The van der Waals surface area contributed by atoms with Gasteiger partial charge in [0.2, 0.25) is 5.89 Å². The van der Waals surface area contributed by atoms with Crippen LogP contribution in [-0.2, 0) is 6.54 Å². The second-order valence-corrected chi connectivity index (χ2v) is 7.62. The van der Waals surface area contributed by atoms with E-state index in [0.29, 0.717) is 30.2 Å². The Morgan fingerprint density at radius 1 is 1.38 bits per heavy atom. The van der Waals surface area contributed by atoms with Crippen LogP contribution in [0, 0.1) is 12.8 Å². The SMILES string of the molecule is CCNC(=NCc1noc(C)n1)NCC1CCCN(C)C1c1cccc(Cl)c1.I. The van der Waals surface area contributed by atoms with Crippen LogP contribution in [0.3, 0.4) is 0 Å². The van der Waals surface area contributed by atoms with Gasteiger partial charge in [0.15, 0.2) is 11.8 Å². The van der Waals surface area contributed by atoms with E-state index in [4.69, 9.17) is 16.1 Å². The predicted octanol–water partition coefficient (Wildman–Crippen LogP) is 3.79. The normalized spacial score (nSPS) is 20.2. The Hall–Kier alpha value is -1.39. The number of rotatable bonds is 6. The van der Waals surface area contributed by atoms with Crippen LogP contribution in [0.4, 0.5) is 0 Å². The minimum absolute atomic E-state index is 0. The molecule has 160 valence electrons. The number of guanidine groups is 1. The molecule has 0 amide bonds. The summed E-state index contributed by atoms with van der Waals surface area (Å²) in [5, 5.41) is 11.5. The highest BCUT2D eigenvalue weighted by Gasteiger charge is 2.30. The molecule has 1 aromatic heterocycles. The quantitative estimate of drug-likeness (QED) is 0.335. The number of piperidine rings is 1. The molecule has 1 fully saturated rings. The summed E-state index contributed by atoms with van der Waals surface area (Å²) in [6, 6.07) is 8.55. The molecule has 29 heavy (non-hydrogen) atoms. The molecule has 1 aromatic carbocycles. The first kappa shape index (κ1) is 23.9. The monoisotopic (exact) mass is 532 g/mol. The van der Waals surface area contributed by atoms with Gasteiger partial charge >= 0.3 is 0 Å². The zero-order chi connectivity index (χ0) is 19.9. The number of aromatic nitrogens is 2. The van der Waals surface area contributed by atoms with Crippen molar-refractivity contribution in [3.05, 3.63) is 46.6 Å². The maximum Gasteiger partial charge on any atom is 0.223 e. The van der Waals surface area contributed by atoms with E-state index < -0.39 is 0 Å². The van der Waals surface area contributed by atoms with Crippen molar-refractivity contribution in [2.45, 2.75) is 39.3 Å². The molecule has 0 saturated carbocycles. The molecule has 2 heterocycles. The Balaban J connectivity index is 0.00000300. The molecule has 1 aliphatic heterocycles. The first-order valence-corrected chi connectivity index (χ1v) is 10.2. The predicted molar refractivity (Wildman–Crippen MR) is 127 cm³/mol. The minimum Gasteiger partial charge on any atom is -0.357 e. The molecule has 1 saturated heterocycles. The van der Waals surface area contributed by atoms with E-state index in [-0.39, 0.29) is 24.0 Å². The van der Waals surface area contributed by atoms with Crippen molar-refractivity contribution in [2.75, 3.05) is 26.7 Å². The Morgan fingerprint density at radius 2 is 2.21 bits per heavy atom. The summed E-state index contributed by atoms with van der Waals surface area (Å²) < 4.78 is 5.01. The molecule has 2 aromatic rings. The van der Waals surface area contributed by atoms with Crippen molar-refractivity contribution >= 4 is 41.5 Å². The first-order chi connectivity index (χ1) is 13.6. The zero-order valence-electron chi connectivity index (χ0n) is 17.2. The van der Waals surface area contributed by atoms with E-state index in [0.717, 1.165) is 37.0 Å². The lowest BCUT2D eigenvalue weighted by atomic mass is 9.85. The van der Waals surface area contributed by atoms with Crippen molar-refractivity contribution in [1.82, 2.24) is 25.7 Å². The van der Waals surface area contributed by atoms with E-state index in [9.17, 15) is 0 Å². The number of nitrogens with zero attached hydrogens (tertiary/aromatic N) is 4. The van der Waals surface area contributed by atoms with Crippen LogP contribution < -0.4 is 10.6 Å². The second kappa shape index (κ2) is 11.7. The molecule has 0 radical (unpaired) electrons. The molecule has 2 N–H and O–H groups in total. The largest absolute Gasteiger partial charge is 0.357 e. The van der Waals surface area contributed by atoms with E-state index in [1.807, 2.05) is 12.1 Å². The van der Waals surface area contributed by atoms with Gasteiger partial charge in [-0.25, -0.2) is 4.99 Å². The van der Waals surface area contributed by atoms with E-state index in [1.165, 1.54) is 12.0 Å². The lowest BCUT2D eigenvalue weighted by Gasteiger charge is -2.40. The summed E-state index contributed by atoms with van der Waals surface area (Å²) in [6.45, 7) is 6.93. The van der Waals surface area contributed by atoms with Gasteiger partial charge in [-0.1, -0.05) is 28.9 Å². The molecular weight excluding hydrogens is 503 g/mol. The third-order valence-electron chi connectivity index (χ3n) is 5.02. The van der Waals surface area contributed by atoms with E-state index >= 15 is 0 Å². The number of halogens is 2. The number of aryl methyl sites for hydroxylation is 1. The second-order valence-electron chi connectivity index (χ2n) is 7.19. The number of benzene rings is 1. The Morgan fingerprint density at radius 3 is 2.90 bits per heavy atom. The smallest absolute Gasteiger partial charge is 0.223 e. The van der Waals surface area contributed by atoms with Crippen LogP contribution in [0.1, 0.15) is 43.1 Å². The topological polar surface area (TPSA) is 78.6 Å². The van der Waals surface area contributed by atoms with Gasteiger partial charge in [-0.3, -0.25) is 4.90 Å². The van der Waals surface area contributed by atoms with Gasteiger partial charge in [-0.15, -0.1) is 24.0 Å². The maximum absolute atomic E-state index is 6.25. The molecular formula is C20H30ClIN6O. The van der Waals surface area contributed by atoms with E-state index in [1.54, 1.807) is 6.92 Å².